The third-order valence-electron chi connectivity index (χ3n) is 4.56. The summed E-state index contributed by atoms with van der Waals surface area (Å²) in [6, 6.07) is 16.2. The summed E-state index contributed by atoms with van der Waals surface area (Å²) < 4.78 is 10.8. The van der Waals surface area contributed by atoms with E-state index in [4.69, 9.17) is 9.47 Å². The van der Waals surface area contributed by atoms with Gasteiger partial charge in [-0.05, 0) is 36.1 Å². The molecule has 2 N–H and O–H groups in total. The highest BCUT2D eigenvalue weighted by Gasteiger charge is 2.13. The lowest BCUT2D eigenvalue weighted by Crippen LogP contribution is -2.40. The fourth-order valence-corrected chi connectivity index (χ4v) is 2.85. The monoisotopic (exact) mass is 396 g/mol. The largest absolute Gasteiger partial charge is 0.454 e. The lowest BCUT2D eigenvalue weighted by Gasteiger charge is -2.14. The summed E-state index contributed by atoms with van der Waals surface area (Å²) >= 11 is 0. The molecule has 1 aliphatic rings. The Labute approximate surface area is 171 Å². The molecule has 0 bridgehead atoms. The molecule has 0 saturated heterocycles. The molecule has 0 spiro atoms. The minimum Gasteiger partial charge on any atom is -0.454 e. The van der Waals surface area contributed by atoms with Crippen LogP contribution in [0.25, 0.3) is 0 Å². The van der Waals surface area contributed by atoms with Gasteiger partial charge in [-0.15, -0.1) is 0 Å². The maximum Gasteiger partial charge on any atom is 0.243 e. The number of fused-ring (bicyclic) bond motifs is 1. The van der Waals surface area contributed by atoms with Gasteiger partial charge in [-0.2, -0.15) is 0 Å². The van der Waals surface area contributed by atoms with Crippen LogP contribution in [0.4, 0.5) is 0 Å². The van der Waals surface area contributed by atoms with Crippen molar-refractivity contribution in [2.45, 2.75) is 12.8 Å². The summed E-state index contributed by atoms with van der Waals surface area (Å²) in [4.78, 5) is 17.8. The van der Waals surface area contributed by atoms with E-state index < -0.39 is 0 Å². The standard InChI is InChI=1S/C22H28N4O3/c1-26(2)21(27)15-25-22(23-12-10-17-6-4-3-5-7-17)24-13-11-18-8-9-19-20(14-18)29-16-28-19/h3-9,14H,10-13,15-16H2,1-2H3,(H2,23,24,25). The number of rotatable bonds is 8. The number of likely N-dealkylation sites (N-methyl/N-ethyl adjacent to an activating group) is 1. The zero-order valence-corrected chi connectivity index (χ0v) is 17.0. The van der Waals surface area contributed by atoms with Gasteiger partial charge in [0, 0.05) is 27.2 Å². The van der Waals surface area contributed by atoms with Gasteiger partial charge in [0.05, 0.1) is 0 Å². The Morgan fingerprint density at radius 1 is 0.966 bits per heavy atom. The molecule has 7 heteroatoms. The average Bonchev–Trinajstić information content (AvgIpc) is 3.20. The zero-order valence-electron chi connectivity index (χ0n) is 17.0. The second-order valence-corrected chi connectivity index (χ2v) is 6.98. The van der Waals surface area contributed by atoms with Crippen LogP contribution in [-0.4, -0.2) is 57.3 Å². The van der Waals surface area contributed by atoms with Crippen LogP contribution in [0.2, 0.25) is 0 Å². The highest BCUT2D eigenvalue weighted by atomic mass is 16.7. The molecule has 3 rings (SSSR count). The first-order valence-corrected chi connectivity index (χ1v) is 9.76. The van der Waals surface area contributed by atoms with E-state index >= 15 is 0 Å². The van der Waals surface area contributed by atoms with E-state index in [0.717, 1.165) is 36.4 Å². The third kappa shape index (κ3) is 6.41. The predicted molar refractivity (Wildman–Crippen MR) is 113 cm³/mol. The highest BCUT2D eigenvalue weighted by molar-refractivity contribution is 5.84. The number of ether oxygens (including phenoxy) is 2. The predicted octanol–water partition coefficient (Wildman–Crippen LogP) is 1.82. The normalized spacial score (nSPS) is 12.6. The quantitative estimate of drug-likeness (QED) is 0.526. The van der Waals surface area contributed by atoms with Gasteiger partial charge in [-0.25, -0.2) is 4.99 Å². The number of carbonyl (C=O) groups excluding carboxylic acids is 1. The van der Waals surface area contributed by atoms with Crippen LogP contribution in [-0.2, 0) is 17.6 Å². The molecule has 0 atom stereocenters. The topological polar surface area (TPSA) is 75.2 Å². The van der Waals surface area contributed by atoms with Gasteiger partial charge >= 0.3 is 0 Å². The van der Waals surface area contributed by atoms with E-state index in [2.05, 4.69) is 27.8 Å². The van der Waals surface area contributed by atoms with Gasteiger partial charge in [-0.1, -0.05) is 36.4 Å². The molecule has 1 heterocycles. The number of amides is 1. The zero-order chi connectivity index (χ0) is 20.5. The Balaban J connectivity index is 1.52. The average molecular weight is 396 g/mol. The second-order valence-electron chi connectivity index (χ2n) is 6.98. The fourth-order valence-electron chi connectivity index (χ4n) is 2.85. The van der Waals surface area contributed by atoms with Gasteiger partial charge < -0.3 is 25.0 Å². The van der Waals surface area contributed by atoms with Gasteiger partial charge in [0.1, 0.15) is 6.54 Å². The van der Waals surface area contributed by atoms with Crippen LogP contribution in [0.3, 0.4) is 0 Å². The molecule has 1 aliphatic heterocycles. The van der Waals surface area contributed by atoms with Crippen molar-refractivity contribution in [1.29, 1.82) is 0 Å². The lowest BCUT2D eigenvalue weighted by atomic mass is 10.1. The summed E-state index contributed by atoms with van der Waals surface area (Å²) in [6.07, 6.45) is 1.68. The Hall–Kier alpha value is -3.22. The molecular weight excluding hydrogens is 368 g/mol. The van der Waals surface area contributed by atoms with Crippen molar-refractivity contribution in [3.63, 3.8) is 0 Å². The highest BCUT2D eigenvalue weighted by Crippen LogP contribution is 2.32. The minimum absolute atomic E-state index is 0.0371. The molecule has 0 unspecified atom stereocenters. The molecule has 0 aliphatic carbocycles. The SMILES string of the molecule is CN(C)C(=O)CN=C(NCCc1ccccc1)NCCc1ccc2c(c1)OCO2. The Kier molecular flexibility index (Phi) is 7.33. The molecule has 0 radical (unpaired) electrons. The van der Waals surface area contributed by atoms with Crippen molar-refractivity contribution in [3.05, 3.63) is 59.7 Å². The van der Waals surface area contributed by atoms with Crippen LogP contribution < -0.4 is 20.1 Å². The van der Waals surface area contributed by atoms with Crippen LogP contribution >= 0.6 is 0 Å². The molecule has 2 aromatic rings. The van der Waals surface area contributed by atoms with E-state index in [-0.39, 0.29) is 19.2 Å². The van der Waals surface area contributed by atoms with E-state index in [0.29, 0.717) is 12.5 Å². The second kappa shape index (κ2) is 10.4. The summed E-state index contributed by atoms with van der Waals surface area (Å²) in [5.74, 6) is 2.17. The Morgan fingerprint density at radius 3 is 2.38 bits per heavy atom. The van der Waals surface area contributed by atoms with Crippen molar-refractivity contribution in [3.8, 4) is 11.5 Å². The molecule has 29 heavy (non-hydrogen) atoms. The van der Waals surface area contributed by atoms with E-state index in [1.807, 2.05) is 36.4 Å². The summed E-state index contributed by atoms with van der Waals surface area (Å²) in [5, 5.41) is 6.63. The number of nitrogens with zero attached hydrogens (tertiary/aromatic N) is 2. The Bertz CT molecular complexity index is 837. The number of hydrogen-bond acceptors (Lipinski definition) is 4. The van der Waals surface area contributed by atoms with Crippen molar-refractivity contribution in [2.24, 2.45) is 4.99 Å². The maximum atomic E-state index is 11.9. The van der Waals surface area contributed by atoms with E-state index in [1.165, 1.54) is 10.5 Å². The van der Waals surface area contributed by atoms with E-state index in [1.54, 1.807) is 14.1 Å². The molecule has 2 aromatic carbocycles. The van der Waals surface area contributed by atoms with Gasteiger partial charge in [-0.3, -0.25) is 4.79 Å². The summed E-state index contributed by atoms with van der Waals surface area (Å²) in [7, 11) is 3.46. The molecule has 0 fully saturated rings. The Morgan fingerprint density at radius 2 is 1.66 bits per heavy atom. The van der Waals surface area contributed by atoms with Gasteiger partial charge in [0.25, 0.3) is 0 Å². The first kappa shape index (κ1) is 20.5. The molecule has 7 nitrogen and oxygen atoms in total. The van der Waals surface area contributed by atoms with Crippen molar-refractivity contribution >= 4 is 11.9 Å². The molecule has 154 valence electrons. The molecule has 0 aromatic heterocycles. The minimum atomic E-state index is -0.0371. The molecule has 1 amide bonds. The number of guanidine groups is 1. The first-order valence-electron chi connectivity index (χ1n) is 9.76. The number of benzene rings is 2. The van der Waals surface area contributed by atoms with Crippen LogP contribution in [0.15, 0.2) is 53.5 Å². The smallest absolute Gasteiger partial charge is 0.243 e. The van der Waals surface area contributed by atoms with Gasteiger partial charge in [0.15, 0.2) is 17.5 Å². The first-order chi connectivity index (χ1) is 14.1. The van der Waals surface area contributed by atoms with Crippen LogP contribution in [0.1, 0.15) is 11.1 Å². The summed E-state index contributed by atoms with van der Waals surface area (Å²) in [6.45, 7) is 1.81. The van der Waals surface area contributed by atoms with Crippen LogP contribution in [0.5, 0.6) is 11.5 Å². The van der Waals surface area contributed by atoms with Crippen molar-refractivity contribution < 1.29 is 14.3 Å². The summed E-state index contributed by atoms with van der Waals surface area (Å²) in [5.41, 5.74) is 2.40. The number of nitrogens with one attached hydrogen (secondary N) is 2. The fraction of sp³-hybridized carbons (Fsp3) is 0.364. The number of hydrogen-bond donors (Lipinski definition) is 2. The molecular formula is C22H28N4O3. The number of carbonyl (C=O) groups is 1. The van der Waals surface area contributed by atoms with Crippen LogP contribution in [0, 0.1) is 0 Å². The van der Waals surface area contributed by atoms with Gasteiger partial charge in [0.2, 0.25) is 12.7 Å². The number of aliphatic imine (C=N–C) groups is 1. The molecule has 0 saturated carbocycles. The third-order valence-corrected chi connectivity index (χ3v) is 4.56. The lowest BCUT2D eigenvalue weighted by molar-refractivity contribution is -0.127. The van der Waals surface area contributed by atoms with E-state index in [9.17, 15) is 4.79 Å². The van der Waals surface area contributed by atoms with Crippen molar-refractivity contribution in [2.75, 3.05) is 40.5 Å². The maximum absolute atomic E-state index is 11.9. The van der Waals surface area contributed by atoms with Crippen molar-refractivity contribution in [1.82, 2.24) is 15.5 Å².